The standard InChI is InChI=1S/C24H34ClNO5.C17H20ClNO5.C9H18O2.C5H11NO2.CH4O.ClH/c1-16(2)14-18(17(3)4)22(28)30-15-31-23(29)26(5)24(13-9-8-12-21(24)27)19-10-6-7-11-20(19)25;1-12(20)23-11-24-16(22)19(2)17(10-6-5-9-15(17)21)13-7-3-4-8-14(13)18;1-6(2)5-8(7(3)4)9(10)11;1-3(2)4(6)5(7)8;1-2;/h6-7,10-11,16-18H,8-9,12-15H2,1-5H3;3-4,7-8H,5-6,9-11H2,1-2H3;6-8H,5H2,1-4H3,(H,10,11);3-4H,6H2,1-2H3,(H,7,8);2H,1H3;1H/t18-,24-;17-;8-;4-;;/m0000../s1. The van der Waals surface area contributed by atoms with Gasteiger partial charge >= 0.3 is 36.1 Å². The molecule has 2 aromatic rings. The zero-order chi connectivity index (χ0) is 58.7. The number of Topliss-reactive ketones (excluding diaryl/α,β-unsaturated/α-hetero) is 2. The SMILES string of the molecule is CC(=O)OCOC(=O)N(C)[C@]1(c2ccccc2Cl)CCCCC1=O.CC(C)C[C@H](C(=O)O)C(C)C.CC(C)C[C@H](C(=O)OCOC(=O)N(C)[C@]1(c2ccccc2Cl)CCCCC1=O)C(C)C.CC(C)[C@H](N)C(=O)O.CO.Cl. The number of benzene rings is 2. The third-order valence-corrected chi connectivity index (χ3v) is 13.8. The normalized spacial score (nSPS) is 17.9. The molecule has 2 fully saturated rings. The zero-order valence-corrected chi connectivity index (χ0v) is 49.9. The van der Waals surface area contributed by atoms with Crippen molar-refractivity contribution < 1.29 is 72.6 Å². The quantitative estimate of drug-likeness (QED) is 0.0798. The summed E-state index contributed by atoms with van der Waals surface area (Å²) in [6, 6.07) is 13.3. The number of aliphatic hydroxyl groups is 1. The van der Waals surface area contributed by atoms with Crippen molar-refractivity contribution in [2.24, 2.45) is 47.2 Å². The van der Waals surface area contributed by atoms with Crippen LogP contribution in [0.2, 0.25) is 10.0 Å². The van der Waals surface area contributed by atoms with Crippen molar-refractivity contribution in [3.05, 3.63) is 69.7 Å². The van der Waals surface area contributed by atoms with Gasteiger partial charge in [0.2, 0.25) is 13.6 Å². The number of carbonyl (C=O) groups excluding carboxylic acids is 6. The Kier molecular flexibility index (Phi) is 35.6. The molecule has 5 atom stereocenters. The summed E-state index contributed by atoms with van der Waals surface area (Å²) in [5.74, 6) is -1.89. The predicted molar refractivity (Wildman–Crippen MR) is 298 cm³/mol. The molecule has 21 heteroatoms. The number of amides is 2. The van der Waals surface area contributed by atoms with Crippen LogP contribution in [0.25, 0.3) is 0 Å². The van der Waals surface area contributed by atoms with Gasteiger partial charge in [-0.1, -0.05) is 129 Å². The third-order valence-electron chi connectivity index (χ3n) is 13.2. The molecular weight excluding hydrogens is 1060 g/mol. The summed E-state index contributed by atoms with van der Waals surface area (Å²) < 4.78 is 20.1. The van der Waals surface area contributed by atoms with Gasteiger partial charge < -0.3 is 40.0 Å². The molecule has 5 N–H and O–H groups in total. The van der Waals surface area contributed by atoms with E-state index in [9.17, 15) is 38.4 Å². The maximum Gasteiger partial charge on any atom is 0.413 e. The molecule has 438 valence electrons. The average Bonchev–Trinajstić information content (AvgIpc) is 3.35. The van der Waals surface area contributed by atoms with Gasteiger partial charge in [0.25, 0.3) is 0 Å². The largest absolute Gasteiger partial charge is 0.481 e. The molecule has 0 spiro atoms. The van der Waals surface area contributed by atoms with E-state index < -0.39 is 60.8 Å². The number of hydrogen-bond donors (Lipinski definition) is 4. The monoisotopic (exact) mass is 1150 g/mol. The average molecular weight is 1150 g/mol. The Bertz CT molecular complexity index is 2170. The molecule has 2 aromatic carbocycles. The van der Waals surface area contributed by atoms with Crippen LogP contribution in [0.5, 0.6) is 0 Å². The Hall–Kier alpha value is -5.01. The Morgan fingerprint density at radius 3 is 1.22 bits per heavy atom. The van der Waals surface area contributed by atoms with E-state index in [0.717, 1.165) is 39.2 Å². The van der Waals surface area contributed by atoms with Gasteiger partial charge in [0.15, 0.2) is 11.6 Å². The van der Waals surface area contributed by atoms with Crippen LogP contribution in [0.15, 0.2) is 48.5 Å². The number of ether oxygens (including phenoxy) is 4. The highest BCUT2D eigenvalue weighted by molar-refractivity contribution is 6.32. The van der Waals surface area contributed by atoms with Crippen LogP contribution >= 0.6 is 35.6 Å². The molecule has 77 heavy (non-hydrogen) atoms. The number of hydrogen-bond acceptors (Lipinski definition) is 14. The Balaban J connectivity index is 0. The first-order valence-electron chi connectivity index (χ1n) is 25.8. The number of carboxylic acid groups (broad SMARTS) is 2. The lowest BCUT2D eigenvalue weighted by Gasteiger charge is -2.43. The van der Waals surface area contributed by atoms with Gasteiger partial charge in [-0.3, -0.25) is 38.6 Å². The summed E-state index contributed by atoms with van der Waals surface area (Å²) >= 11 is 12.7. The van der Waals surface area contributed by atoms with E-state index in [0.29, 0.717) is 65.1 Å². The minimum atomic E-state index is -1.18. The molecule has 2 aliphatic carbocycles. The topological polar surface area (TPSA) is 267 Å². The van der Waals surface area contributed by atoms with Gasteiger partial charge in [0.05, 0.1) is 11.8 Å². The summed E-state index contributed by atoms with van der Waals surface area (Å²) in [4.78, 5) is 97.6. The lowest BCUT2D eigenvalue weighted by molar-refractivity contribution is -0.160. The minimum absolute atomic E-state index is 0. The highest BCUT2D eigenvalue weighted by Crippen LogP contribution is 2.44. The Morgan fingerprint density at radius 1 is 0.584 bits per heavy atom. The first kappa shape index (κ1) is 74.1. The van der Waals surface area contributed by atoms with Crippen LogP contribution in [-0.4, -0.2) is 114 Å². The molecule has 0 saturated heterocycles. The number of esters is 2. The van der Waals surface area contributed by atoms with E-state index in [1.54, 1.807) is 62.4 Å². The van der Waals surface area contributed by atoms with Crippen LogP contribution in [0.1, 0.15) is 151 Å². The molecule has 0 aliphatic heterocycles. The summed E-state index contributed by atoms with van der Waals surface area (Å²) in [6.45, 7) is 19.8. The van der Waals surface area contributed by atoms with Crippen LogP contribution in [0.3, 0.4) is 0 Å². The number of carbonyl (C=O) groups is 8. The van der Waals surface area contributed by atoms with Gasteiger partial charge in [-0.05, 0) is 93.1 Å². The number of ketones is 2. The van der Waals surface area contributed by atoms with E-state index in [4.69, 9.17) is 58.5 Å². The number of rotatable bonds is 18. The number of aliphatic hydroxyl groups excluding tert-OH is 1. The van der Waals surface area contributed by atoms with Crippen molar-refractivity contribution in [1.29, 1.82) is 0 Å². The number of nitrogens with zero attached hydrogens (tertiary/aromatic N) is 2. The van der Waals surface area contributed by atoms with Crippen molar-refractivity contribution in [2.45, 2.75) is 157 Å². The molecule has 2 saturated carbocycles. The van der Waals surface area contributed by atoms with Crippen molar-refractivity contribution in [2.75, 3.05) is 34.8 Å². The maximum atomic E-state index is 13.1. The lowest BCUT2D eigenvalue weighted by Crippen LogP contribution is -2.54. The summed E-state index contributed by atoms with van der Waals surface area (Å²) in [5, 5.41) is 24.9. The van der Waals surface area contributed by atoms with Crippen LogP contribution in [-0.2, 0) is 58.8 Å². The molecule has 2 aliphatic rings. The second-order valence-electron chi connectivity index (χ2n) is 20.6. The Morgan fingerprint density at radius 2 is 0.948 bits per heavy atom. The lowest BCUT2D eigenvalue weighted by atomic mass is 9.74. The smallest absolute Gasteiger partial charge is 0.413 e. The first-order valence-corrected chi connectivity index (χ1v) is 26.6. The molecule has 0 unspecified atom stereocenters. The van der Waals surface area contributed by atoms with E-state index in [1.165, 1.54) is 30.8 Å². The fraction of sp³-hybridized carbons (Fsp3) is 0.643. The molecule has 18 nitrogen and oxygen atoms in total. The van der Waals surface area contributed by atoms with Gasteiger partial charge in [-0.2, -0.15) is 0 Å². The van der Waals surface area contributed by atoms with E-state index in [1.807, 2.05) is 41.5 Å². The molecule has 0 bridgehead atoms. The van der Waals surface area contributed by atoms with E-state index in [2.05, 4.69) is 18.6 Å². The summed E-state index contributed by atoms with van der Waals surface area (Å²) in [7, 11) is 4.04. The summed E-state index contributed by atoms with van der Waals surface area (Å²) in [6.07, 6.45) is 4.81. The predicted octanol–water partition coefficient (Wildman–Crippen LogP) is 11.3. The van der Waals surface area contributed by atoms with Gasteiger partial charge in [-0.15, -0.1) is 12.4 Å². The summed E-state index contributed by atoms with van der Waals surface area (Å²) in [5.41, 5.74) is 3.99. The fourth-order valence-electron chi connectivity index (χ4n) is 8.77. The number of carboxylic acids is 2. The van der Waals surface area contributed by atoms with E-state index in [-0.39, 0.29) is 59.5 Å². The van der Waals surface area contributed by atoms with Crippen LogP contribution in [0, 0.1) is 41.4 Å². The third kappa shape index (κ3) is 23.1. The maximum absolute atomic E-state index is 13.1. The highest BCUT2D eigenvalue weighted by Gasteiger charge is 2.50. The molecule has 2 amide bonds. The Labute approximate surface area is 472 Å². The van der Waals surface area contributed by atoms with Gasteiger partial charge in [-0.25, -0.2) is 9.59 Å². The van der Waals surface area contributed by atoms with Crippen molar-refractivity contribution in [3.8, 4) is 0 Å². The second-order valence-corrected chi connectivity index (χ2v) is 21.4. The van der Waals surface area contributed by atoms with Crippen molar-refractivity contribution in [3.63, 3.8) is 0 Å². The number of likely N-dealkylation sites (N-methyl/N-ethyl adjacent to an activating group) is 2. The highest BCUT2D eigenvalue weighted by atomic mass is 35.5. The minimum Gasteiger partial charge on any atom is -0.481 e. The van der Waals surface area contributed by atoms with Crippen molar-refractivity contribution >= 4 is 83.2 Å². The van der Waals surface area contributed by atoms with Crippen molar-refractivity contribution in [1.82, 2.24) is 9.80 Å². The van der Waals surface area contributed by atoms with E-state index >= 15 is 0 Å². The molecule has 4 rings (SSSR count). The first-order chi connectivity index (χ1) is 35.5. The molecule has 0 aromatic heterocycles. The van der Waals surface area contributed by atoms with Crippen LogP contribution < -0.4 is 5.73 Å². The van der Waals surface area contributed by atoms with Gasteiger partial charge in [0, 0.05) is 62.1 Å². The zero-order valence-electron chi connectivity index (χ0n) is 47.6. The number of halogens is 3. The second kappa shape index (κ2) is 37.0. The number of aliphatic carboxylic acids is 2. The molecular formula is C56H88Cl3N3O15. The number of nitrogens with two attached hydrogens (primary N) is 1. The van der Waals surface area contributed by atoms with Gasteiger partial charge in [0.1, 0.15) is 17.1 Å². The van der Waals surface area contributed by atoms with Crippen LogP contribution in [0.4, 0.5) is 9.59 Å². The molecule has 0 radical (unpaired) electrons. The molecule has 0 heterocycles. The fourth-order valence-corrected chi connectivity index (χ4v) is 9.36.